The SMILES string of the molecule is CCc1nc(SCC(N)=O)c2oc3ccccc3c2n1. The van der Waals surface area contributed by atoms with Gasteiger partial charge in [0.2, 0.25) is 5.91 Å². The van der Waals surface area contributed by atoms with E-state index in [4.69, 9.17) is 10.2 Å². The molecular weight excluding hydrogens is 274 g/mol. The number of nitrogens with two attached hydrogens (primary N) is 1. The molecule has 0 aliphatic rings. The minimum absolute atomic E-state index is 0.173. The van der Waals surface area contributed by atoms with Gasteiger partial charge in [-0.2, -0.15) is 0 Å². The Morgan fingerprint density at radius 1 is 1.35 bits per heavy atom. The van der Waals surface area contributed by atoms with E-state index in [1.165, 1.54) is 11.8 Å². The van der Waals surface area contributed by atoms with Crippen LogP contribution in [-0.4, -0.2) is 21.6 Å². The van der Waals surface area contributed by atoms with Gasteiger partial charge < -0.3 is 10.2 Å². The number of fused-ring (bicyclic) bond motifs is 3. The van der Waals surface area contributed by atoms with E-state index in [1.54, 1.807) is 0 Å². The summed E-state index contributed by atoms with van der Waals surface area (Å²) < 4.78 is 5.82. The molecule has 0 spiro atoms. The van der Waals surface area contributed by atoms with E-state index in [-0.39, 0.29) is 11.7 Å². The maximum absolute atomic E-state index is 11.0. The standard InChI is InChI=1S/C14H13N3O2S/c1-2-11-16-12-8-5-3-4-6-9(8)19-13(12)14(17-11)20-7-10(15)18/h3-6H,2,7H2,1H3,(H2,15,18). The van der Waals surface area contributed by atoms with Crippen LogP contribution < -0.4 is 5.73 Å². The molecular formula is C14H13N3O2S. The maximum Gasteiger partial charge on any atom is 0.227 e. The van der Waals surface area contributed by atoms with Crippen molar-refractivity contribution in [3.8, 4) is 0 Å². The highest BCUT2D eigenvalue weighted by Gasteiger charge is 2.15. The van der Waals surface area contributed by atoms with Crippen molar-refractivity contribution in [3.05, 3.63) is 30.1 Å². The first kappa shape index (κ1) is 12.9. The summed E-state index contributed by atoms with van der Waals surface area (Å²) in [4.78, 5) is 19.9. The second-order valence-electron chi connectivity index (χ2n) is 4.33. The molecule has 2 N–H and O–H groups in total. The Hall–Kier alpha value is -2.08. The number of hydrogen-bond acceptors (Lipinski definition) is 5. The smallest absolute Gasteiger partial charge is 0.227 e. The highest BCUT2D eigenvalue weighted by atomic mass is 32.2. The molecule has 3 aromatic rings. The van der Waals surface area contributed by atoms with E-state index in [2.05, 4.69) is 9.97 Å². The second-order valence-corrected chi connectivity index (χ2v) is 5.29. The highest BCUT2D eigenvalue weighted by Crippen LogP contribution is 2.33. The molecule has 0 aliphatic heterocycles. The average Bonchev–Trinajstić information content (AvgIpc) is 2.83. The van der Waals surface area contributed by atoms with Crippen molar-refractivity contribution in [2.75, 3.05) is 5.75 Å². The lowest BCUT2D eigenvalue weighted by atomic mass is 10.2. The van der Waals surface area contributed by atoms with E-state index < -0.39 is 0 Å². The third-order valence-electron chi connectivity index (χ3n) is 2.90. The predicted molar refractivity (Wildman–Crippen MR) is 78.6 cm³/mol. The summed E-state index contributed by atoms with van der Waals surface area (Å²) in [6.07, 6.45) is 0.722. The number of para-hydroxylation sites is 1. The predicted octanol–water partition coefficient (Wildman–Crippen LogP) is 2.52. The lowest BCUT2D eigenvalue weighted by molar-refractivity contribution is -0.115. The summed E-state index contributed by atoms with van der Waals surface area (Å²) in [6.45, 7) is 1.99. The van der Waals surface area contributed by atoms with Crippen LogP contribution in [0.2, 0.25) is 0 Å². The van der Waals surface area contributed by atoms with Crippen molar-refractivity contribution in [2.45, 2.75) is 18.4 Å². The number of aromatic nitrogens is 2. The number of rotatable bonds is 4. The Morgan fingerprint density at radius 3 is 2.90 bits per heavy atom. The monoisotopic (exact) mass is 287 g/mol. The molecule has 0 saturated carbocycles. The Balaban J connectivity index is 2.23. The Bertz CT molecular complexity index is 798. The van der Waals surface area contributed by atoms with Crippen molar-refractivity contribution in [3.63, 3.8) is 0 Å². The van der Waals surface area contributed by atoms with Crippen molar-refractivity contribution in [1.29, 1.82) is 0 Å². The molecule has 0 fully saturated rings. The molecule has 5 nitrogen and oxygen atoms in total. The lowest BCUT2D eigenvalue weighted by Gasteiger charge is -2.02. The molecule has 0 atom stereocenters. The number of furan rings is 1. The first-order valence-electron chi connectivity index (χ1n) is 6.28. The van der Waals surface area contributed by atoms with E-state index in [0.29, 0.717) is 10.6 Å². The van der Waals surface area contributed by atoms with E-state index >= 15 is 0 Å². The van der Waals surface area contributed by atoms with Gasteiger partial charge in [0.1, 0.15) is 22.0 Å². The van der Waals surface area contributed by atoms with Crippen LogP contribution in [-0.2, 0) is 11.2 Å². The number of hydrogen-bond donors (Lipinski definition) is 1. The summed E-state index contributed by atoms with van der Waals surface area (Å²) in [5, 5.41) is 1.63. The zero-order chi connectivity index (χ0) is 14.1. The van der Waals surface area contributed by atoms with Crippen molar-refractivity contribution < 1.29 is 9.21 Å². The minimum Gasteiger partial charge on any atom is -0.451 e. The molecule has 0 aliphatic carbocycles. The number of benzene rings is 1. The highest BCUT2D eigenvalue weighted by molar-refractivity contribution is 8.00. The molecule has 0 unspecified atom stereocenters. The van der Waals surface area contributed by atoms with Crippen molar-refractivity contribution in [2.24, 2.45) is 5.73 Å². The van der Waals surface area contributed by atoms with Gasteiger partial charge in [0.25, 0.3) is 0 Å². The molecule has 0 saturated heterocycles. The molecule has 1 aromatic carbocycles. The van der Waals surface area contributed by atoms with Crippen LogP contribution in [0.1, 0.15) is 12.7 Å². The first-order valence-corrected chi connectivity index (χ1v) is 7.27. The number of aryl methyl sites for hydroxylation is 1. The third kappa shape index (κ3) is 2.22. The third-order valence-corrected chi connectivity index (χ3v) is 3.88. The summed E-state index contributed by atoms with van der Waals surface area (Å²) in [6, 6.07) is 7.72. The number of carbonyl (C=O) groups is 1. The van der Waals surface area contributed by atoms with Gasteiger partial charge in [0.15, 0.2) is 5.58 Å². The summed E-state index contributed by atoms with van der Waals surface area (Å²) in [5.74, 6) is 0.527. The average molecular weight is 287 g/mol. The van der Waals surface area contributed by atoms with Crippen LogP contribution in [0.3, 0.4) is 0 Å². The van der Waals surface area contributed by atoms with Crippen LogP contribution in [0.15, 0.2) is 33.7 Å². The van der Waals surface area contributed by atoms with E-state index in [1.807, 2.05) is 31.2 Å². The zero-order valence-corrected chi connectivity index (χ0v) is 11.7. The van der Waals surface area contributed by atoms with Crippen LogP contribution in [0.5, 0.6) is 0 Å². The normalized spacial score (nSPS) is 11.2. The number of carbonyl (C=O) groups excluding carboxylic acids is 1. The molecule has 0 radical (unpaired) electrons. The quantitative estimate of drug-likeness (QED) is 0.589. The fourth-order valence-corrected chi connectivity index (χ4v) is 2.72. The summed E-state index contributed by atoms with van der Waals surface area (Å²) >= 11 is 1.28. The topological polar surface area (TPSA) is 82.0 Å². The molecule has 1 amide bonds. The Morgan fingerprint density at radius 2 is 2.15 bits per heavy atom. The van der Waals surface area contributed by atoms with Crippen LogP contribution >= 0.6 is 11.8 Å². The molecule has 20 heavy (non-hydrogen) atoms. The lowest BCUT2D eigenvalue weighted by Crippen LogP contribution is -2.13. The second kappa shape index (κ2) is 5.13. The van der Waals surface area contributed by atoms with Crippen LogP contribution in [0, 0.1) is 0 Å². The van der Waals surface area contributed by atoms with Gasteiger partial charge >= 0.3 is 0 Å². The minimum atomic E-state index is -0.379. The Kier molecular flexibility index (Phi) is 3.31. The number of nitrogens with zero attached hydrogens (tertiary/aromatic N) is 2. The Labute approximate surface area is 119 Å². The van der Waals surface area contributed by atoms with Crippen LogP contribution in [0.4, 0.5) is 0 Å². The fraction of sp³-hybridized carbons (Fsp3) is 0.214. The van der Waals surface area contributed by atoms with Gasteiger partial charge in [-0.15, -0.1) is 0 Å². The van der Waals surface area contributed by atoms with Crippen molar-refractivity contribution >= 4 is 39.7 Å². The van der Waals surface area contributed by atoms with Crippen LogP contribution in [0.25, 0.3) is 22.1 Å². The number of thioether (sulfide) groups is 1. The molecule has 2 aromatic heterocycles. The largest absolute Gasteiger partial charge is 0.451 e. The van der Waals surface area contributed by atoms with Crippen molar-refractivity contribution in [1.82, 2.24) is 9.97 Å². The van der Waals surface area contributed by atoms with Gasteiger partial charge in [-0.1, -0.05) is 30.8 Å². The van der Waals surface area contributed by atoms with Gasteiger partial charge in [-0.3, -0.25) is 4.79 Å². The molecule has 2 heterocycles. The number of amides is 1. The number of primary amides is 1. The van der Waals surface area contributed by atoms with Gasteiger partial charge in [-0.05, 0) is 12.1 Å². The van der Waals surface area contributed by atoms with E-state index in [9.17, 15) is 4.79 Å². The van der Waals surface area contributed by atoms with Gasteiger partial charge in [0, 0.05) is 11.8 Å². The first-order chi connectivity index (χ1) is 9.69. The summed E-state index contributed by atoms with van der Waals surface area (Å²) in [7, 11) is 0. The summed E-state index contributed by atoms with van der Waals surface area (Å²) in [5.41, 5.74) is 7.38. The van der Waals surface area contributed by atoms with Gasteiger partial charge in [-0.25, -0.2) is 9.97 Å². The fourth-order valence-electron chi connectivity index (χ4n) is 2.01. The van der Waals surface area contributed by atoms with Gasteiger partial charge in [0.05, 0.1) is 5.75 Å². The maximum atomic E-state index is 11.0. The zero-order valence-electron chi connectivity index (χ0n) is 10.9. The molecule has 102 valence electrons. The molecule has 3 rings (SSSR count). The van der Waals surface area contributed by atoms with E-state index in [0.717, 1.165) is 28.7 Å². The molecule has 6 heteroatoms. The molecule has 0 bridgehead atoms.